The third kappa shape index (κ3) is 2.37. The lowest BCUT2D eigenvalue weighted by Crippen LogP contribution is -2.57. The summed E-state index contributed by atoms with van der Waals surface area (Å²) in [7, 11) is 0. The Labute approximate surface area is 113 Å². The zero-order valence-electron chi connectivity index (χ0n) is 11.5. The van der Waals surface area contributed by atoms with Crippen molar-refractivity contribution in [1.29, 1.82) is 0 Å². The van der Waals surface area contributed by atoms with Gasteiger partial charge >= 0.3 is 5.97 Å². The van der Waals surface area contributed by atoms with Crippen LogP contribution in [0.15, 0.2) is 0 Å². The van der Waals surface area contributed by atoms with Crippen molar-refractivity contribution in [3.8, 4) is 0 Å². The van der Waals surface area contributed by atoms with E-state index in [0.717, 1.165) is 37.5 Å². The Balaban J connectivity index is 1.64. The first-order valence-electron chi connectivity index (χ1n) is 7.55. The Morgan fingerprint density at radius 3 is 2.21 bits per heavy atom. The molecular weight excluding hydrogens is 242 g/mol. The zero-order chi connectivity index (χ0) is 13.6. The van der Waals surface area contributed by atoms with Crippen molar-refractivity contribution in [2.45, 2.75) is 57.4 Å². The second-order valence-electron chi connectivity index (χ2n) is 6.98. The lowest BCUT2D eigenvalue weighted by atomic mass is 9.76. The molecule has 2 unspecified atom stereocenters. The van der Waals surface area contributed by atoms with Crippen molar-refractivity contribution in [2.75, 3.05) is 0 Å². The second kappa shape index (κ2) is 4.50. The first kappa shape index (κ1) is 12.9. The van der Waals surface area contributed by atoms with Crippen molar-refractivity contribution >= 4 is 11.9 Å². The van der Waals surface area contributed by atoms with Crippen molar-refractivity contribution < 1.29 is 14.7 Å². The summed E-state index contributed by atoms with van der Waals surface area (Å²) in [5.41, 5.74) is -0.990. The summed E-state index contributed by atoms with van der Waals surface area (Å²) in [4.78, 5) is 23.9. The molecule has 0 saturated heterocycles. The number of hydrogen-bond donors (Lipinski definition) is 2. The highest BCUT2D eigenvalue weighted by atomic mass is 16.4. The van der Waals surface area contributed by atoms with Crippen LogP contribution in [0.5, 0.6) is 0 Å². The number of carboxylic acid groups (broad SMARTS) is 1. The van der Waals surface area contributed by atoms with Crippen LogP contribution in [0.1, 0.15) is 51.9 Å². The Kier molecular flexibility index (Phi) is 3.06. The van der Waals surface area contributed by atoms with E-state index in [9.17, 15) is 14.7 Å². The van der Waals surface area contributed by atoms with E-state index >= 15 is 0 Å². The molecule has 1 amide bonds. The molecule has 106 valence electrons. The Bertz CT molecular complexity index is 388. The molecule has 0 bridgehead atoms. The van der Waals surface area contributed by atoms with Crippen LogP contribution < -0.4 is 5.32 Å². The number of carbonyl (C=O) groups excluding carboxylic acids is 1. The minimum absolute atomic E-state index is 0.0100. The maximum Gasteiger partial charge on any atom is 0.329 e. The summed E-state index contributed by atoms with van der Waals surface area (Å²) in [5, 5.41) is 12.4. The fourth-order valence-electron chi connectivity index (χ4n) is 3.91. The molecule has 3 rings (SSSR count). The van der Waals surface area contributed by atoms with Gasteiger partial charge in [0.15, 0.2) is 0 Å². The van der Waals surface area contributed by atoms with Gasteiger partial charge in [0, 0.05) is 5.92 Å². The molecule has 2 atom stereocenters. The quantitative estimate of drug-likeness (QED) is 0.822. The second-order valence-corrected chi connectivity index (χ2v) is 6.98. The van der Waals surface area contributed by atoms with Gasteiger partial charge in [0.2, 0.25) is 5.91 Å². The smallest absolute Gasteiger partial charge is 0.329 e. The summed E-state index contributed by atoms with van der Waals surface area (Å²) >= 11 is 0. The number of amides is 1. The van der Waals surface area contributed by atoms with Gasteiger partial charge in [-0.2, -0.15) is 0 Å². The number of hydrogen-bond acceptors (Lipinski definition) is 2. The molecule has 0 aromatic carbocycles. The Morgan fingerprint density at radius 1 is 1.11 bits per heavy atom. The topological polar surface area (TPSA) is 66.4 Å². The van der Waals surface area contributed by atoms with E-state index in [-0.39, 0.29) is 11.8 Å². The van der Waals surface area contributed by atoms with Crippen molar-refractivity contribution in [3.05, 3.63) is 0 Å². The molecule has 3 saturated carbocycles. The summed E-state index contributed by atoms with van der Waals surface area (Å²) in [6, 6.07) is 0. The predicted molar refractivity (Wildman–Crippen MR) is 70.5 cm³/mol. The molecule has 0 aromatic rings. The standard InChI is InChI=1S/C15H23NO3/c1-9-2-4-15(5-3-9,14(18)19)16-13(17)12-7-10-6-11(10)8-12/h9-12H,2-8H2,1H3,(H,16,17)(H,18,19). The van der Waals surface area contributed by atoms with Crippen LogP contribution in [0.4, 0.5) is 0 Å². The molecular formula is C15H23NO3. The highest BCUT2D eigenvalue weighted by Gasteiger charge is 2.50. The maximum absolute atomic E-state index is 12.3. The number of carbonyl (C=O) groups is 2. The molecule has 0 aromatic heterocycles. The number of fused-ring (bicyclic) bond motifs is 1. The maximum atomic E-state index is 12.3. The first-order chi connectivity index (χ1) is 9.00. The molecule has 4 nitrogen and oxygen atoms in total. The van der Waals surface area contributed by atoms with Crippen molar-refractivity contribution in [2.24, 2.45) is 23.7 Å². The molecule has 0 heterocycles. The van der Waals surface area contributed by atoms with Gasteiger partial charge in [-0.1, -0.05) is 6.92 Å². The lowest BCUT2D eigenvalue weighted by molar-refractivity contribution is -0.150. The van der Waals surface area contributed by atoms with Gasteiger partial charge in [0.25, 0.3) is 0 Å². The van der Waals surface area contributed by atoms with Crippen LogP contribution in [0.3, 0.4) is 0 Å². The summed E-state index contributed by atoms with van der Waals surface area (Å²) in [6.45, 7) is 2.15. The Morgan fingerprint density at radius 2 is 1.68 bits per heavy atom. The molecule has 4 heteroatoms. The van der Waals surface area contributed by atoms with Crippen molar-refractivity contribution in [3.63, 3.8) is 0 Å². The van der Waals surface area contributed by atoms with Crippen LogP contribution in [0.25, 0.3) is 0 Å². The normalized spacial score (nSPS) is 44.5. The number of nitrogens with one attached hydrogen (secondary N) is 1. The highest BCUT2D eigenvalue weighted by molar-refractivity contribution is 5.88. The van der Waals surface area contributed by atoms with E-state index in [1.54, 1.807) is 0 Å². The number of aliphatic carboxylic acids is 1. The van der Waals surface area contributed by atoms with Gasteiger partial charge < -0.3 is 10.4 Å². The monoisotopic (exact) mass is 265 g/mol. The van der Waals surface area contributed by atoms with Gasteiger partial charge in [-0.15, -0.1) is 0 Å². The van der Waals surface area contributed by atoms with Gasteiger partial charge in [0.1, 0.15) is 5.54 Å². The summed E-state index contributed by atoms with van der Waals surface area (Å²) in [6.07, 6.45) is 6.17. The van der Waals surface area contributed by atoms with Crippen LogP contribution in [-0.4, -0.2) is 22.5 Å². The third-order valence-electron chi connectivity index (χ3n) is 5.51. The SMILES string of the molecule is CC1CCC(NC(=O)C2CC3CC3C2)(C(=O)O)CC1. The first-order valence-corrected chi connectivity index (χ1v) is 7.55. The molecule has 0 radical (unpaired) electrons. The van der Waals surface area contributed by atoms with Gasteiger partial charge in [-0.25, -0.2) is 4.79 Å². The van der Waals surface area contributed by atoms with E-state index in [1.165, 1.54) is 6.42 Å². The zero-order valence-corrected chi connectivity index (χ0v) is 11.5. The number of carboxylic acids is 1. The van der Waals surface area contributed by atoms with Crippen LogP contribution >= 0.6 is 0 Å². The largest absolute Gasteiger partial charge is 0.480 e. The molecule has 0 spiro atoms. The molecule has 3 aliphatic carbocycles. The summed E-state index contributed by atoms with van der Waals surface area (Å²) in [5.74, 6) is 1.29. The van der Waals surface area contributed by atoms with E-state index in [0.29, 0.717) is 18.8 Å². The fraction of sp³-hybridized carbons (Fsp3) is 0.867. The fourth-order valence-corrected chi connectivity index (χ4v) is 3.91. The van der Waals surface area contributed by atoms with Crippen LogP contribution in [-0.2, 0) is 9.59 Å². The van der Waals surface area contributed by atoms with Crippen LogP contribution in [0, 0.1) is 23.7 Å². The molecule has 3 aliphatic rings. The van der Waals surface area contributed by atoms with Gasteiger partial charge in [-0.05, 0) is 62.7 Å². The van der Waals surface area contributed by atoms with Crippen LogP contribution in [0.2, 0.25) is 0 Å². The average molecular weight is 265 g/mol. The van der Waals surface area contributed by atoms with E-state index in [2.05, 4.69) is 12.2 Å². The van der Waals surface area contributed by atoms with E-state index in [1.807, 2.05) is 0 Å². The highest BCUT2D eigenvalue weighted by Crippen LogP contribution is 2.54. The lowest BCUT2D eigenvalue weighted by Gasteiger charge is -2.37. The van der Waals surface area contributed by atoms with E-state index < -0.39 is 11.5 Å². The number of rotatable bonds is 3. The Hall–Kier alpha value is -1.06. The molecule has 0 aliphatic heterocycles. The summed E-state index contributed by atoms with van der Waals surface area (Å²) < 4.78 is 0. The van der Waals surface area contributed by atoms with Gasteiger partial charge in [0.05, 0.1) is 0 Å². The predicted octanol–water partition coefficient (Wildman–Crippen LogP) is 2.18. The minimum atomic E-state index is -0.990. The molecule has 3 fully saturated rings. The van der Waals surface area contributed by atoms with Crippen molar-refractivity contribution in [1.82, 2.24) is 5.32 Å². The molecule has 2 N–H and O–H groups in total. The van der Waals surface area contributed by atoms with Gasteiger partial charge in [-0.3, -0.25) is 4.79 Å². The average Bonchev–Trinajstić information content (AvgIpc) is 2.99. The minimum Gasteiger partial charge on any atom is -0.480 e. The molecule has 19 heavy (non-hydrogen) atoms. The third-order valence-corrected chi connectivity index (χ3v) is 5.51. The van der Waals surface area contributed by atoms with E-state index in [4.69, 9.17) is 0 Å².